The number of amides is 1. The van der Waals surface area contributed by atoms with Crippen LogP contribution in [0.5, 0.6) is 0 Å². The first-order chi connectivity index (χ1) is 10.8. The molecule has 5 heteroatoms. The van der Waals surface area contributed by atoms with E-state index in [2.05, 4.69) is 16.4 Å². The van der Waals surface area contributed by atoms with E-state index in [0.717, 1.165) is 21.2 Å². The number of anilines is 1. The van der Waals surface area contributed by atoms with Crippen LogP contribution in [0, 0.1) is 0 Å². The van der Waals surface area contributed by atoms with Gasteiger partial charge in [0.15, 0.2) is 0 Å². The number of carbonyl (C=O) groups is 1. The molecule has 2 aromatic heterocycles. The van der Waals surface area contributed by atoms with E-state index < -0.39 is 0 Å². The Kier molecular flexibility index (Phi) is 4.88. The highest BCUT2D eigenvalue weighted by molar-refractivity contribution is 7.98. The lowest BCUT2D eigenvalue weighted by Crippen LogP contribution is -2.09. The first-order valence-electron chi connectivity index (χ1n) is 6.78. The number of thioether (sulfide) groups is 1. The lowest BCUT2D eigenvalue weighted by molar-refractivity contribution is 0.103. The minimum atomic E-state index is -0.0641. The predicted molar refractivity (Wildman–Crippen MR) is 92.5 cm³/mol. The molecule has 0 bridgehead atoms. The van der Waals surface area contributed by atoms with E-state index >= 15 is 0 Å². The van der Waals surface area contributed by atoms with Gasteiger partial charge in [0.2, 0.25) is 0 Å². The van der Waals surface area contributed by atoms with Crippen molar-refractivity contribution in [3.05, 3.63) is 76.7 Å². The highest BCUT2D eigenvalue weighted by atomic mass is 32.2. The summed E-state index contributed by atoms with van der Waals surface area (Å²) in [6.45, 7) is 0. The Morgan fingerprint density at radius 1 is 1.14 bits per heavy atom. The largest absolute Gasteiger partial charge is 0.321 e. The monoisotopic (exact) mass is 326 g/mol. The fourth-order valence-corrected chi connectivity index (χ4v) is 3.34. The fraction of sp³-hybridized carbons (Fsp3) is 0.0588. The standard InChI is InChI=1S/C17H14N2OS2/c20-17(16-4-2-10-21-16)19-14-5-7-15(8-6-14)22-12-13-3-1-9-18-11-13/h1-11H,12H2,(H,19,20). The Bertz CT molecular complexity index is 725. The van der Waals surface area contributed by atoms with Crippen LogP contribution in [0.25, 0.3) is 0 Å². The van der Waals surface area contributed by atoms with Crippen molar-refractivity contribution in [1.29, 1.82) is 0 Å². The van der Waals surface area contributed by atoms with Crippen LogP contribution in [0.2, 0.25) is 0 Å². The summed E-state index contributed by atoms with van der Waals surface area (Å²) in [4.78, 5) is 17.9. The van der Waals surface area contributed by atoms with Crippen LogP contribution < -0.4 is 5.32 Å². The molecule has 2 heterocycles. The highest BCUT2D eigenvalue weighted by Gasteiger charge is 2.06. The van der Waals surface area contributed by atoms with E-state index in [0.29, 0.717) is 0 Å². The van der Waals surface area contributed by atoms with Crippen molar-refractivity contribution in [2.75, 3.05) is 5.32 Å². The Morgan fingerprint density at radius 3 is 2.68 bits per heavy atom. The molecular formula is C17H14N2OS2. The maximum Gasteiger partial charge on any atom is 0.265 e. The van der Waals surface area contributed by atoms with Gasteiger partial charge < -0.3 is 5.32 Å². The molecule has 3 aromatic rings. The molecular weight excluding hydrogens is 312 g/mol. The maximum absolute atomic E-state index is 12.0. The minimum absolute atomic E-state index is 0.0641. The Labute approximate surface area is 137 Å². The first kappa shape index (κ1) is 14.8. The van der Waals surface area contributed by atoms with Gasteiger partial charge in [0.05, 0.1) is 4.88 Å². The van der Waals surface area contributed by atoms with Gasteiger partial charge in [-0.2, -0.15) is 0 Å². The smallest absolute Gasteiger partial charge is 0.265 e. The van der Waals surface area contributed by atoms with Crippen LogP contribution in [0.3, 0.4) is 0 Å². The number of aromatic nitrogens is 1. The third-order valence-electron chi connectivity index (χ3n) is 2.99. The van der Waals surface area contributed by atoms with Gasteiger partial charge in [-0.15, -0.1) is 23.1 Å². The second-order valence-electron chi connectivity index (χ2n) is 4.61. The molecule has 1 amide bonds. The number of nitrogens with one attached hydrogen (secondary N) is 1. The molecule has 0 spiro atoms. The Balaban J connectivity index is 1.57. The SMILES string of the molecule is O=C(Nc1ccc(SCc2cccnc2)cc1)c1cccs1. The molecule has 0 aliphatic carbocycles. The van der Waals surface area contributed by atoms with Gasteiger partial charge in [-0.3, -0.25) is 9.78 Å². The Hall–Kier alpha value is -2.11. The van der Waals surface area contributed by atoms with E-state index in [1.54, 1.807) is 18.0 Å². The molecule has 1 N–H and O–H groups in total. The van der Waals surface area contributed by atoms with Gasteiger partial charge >= 0.3 is 0 Å². The average molecular weight is 326 g/mol. The second kappa shape index (κ2) is 7.24. The summed E-state index contributed by atoms with van der Waals surface area (Å²) in [5.74, 6) is 0.820. The first-order valence-corrected chi connectivity index (χ1v) is 8.64. The van der Waals surface area contributed by atoms with Crippen LogP contribution in [0.1, 0.15) is 15.2 Å². The summed E-state index contributed by atoms with van der Waals surface area (Å²) >= 11 is 3.19. The number of benzene rings is 1. The van der Waals surface area contributed by atoms with Crippen molar-refractivity contribution in [2.45, 2.75) is 10.6 Å². The number of hydrogen-bond donors (Lipinski definition) is 1. The van der Waals surface area contributed by atoms with Crippen molar-refractivity contribution < 1.29 is 4.79 Å². The molecule has 22 heavy (non-hydrogen) atoms. The van der Waals surface area contributed by atoms with Crippen molar-refractivity contribution in [3.8, 4) is 0 Å². The van der Waals surface area contributed by atoms with E-state index in [9.17, 15) is 4.79 Å². The number of thiophene rings is 1. The van der Waals surface area contributed by atoms with Gasteiger partial charge in [0.1, 0.15) is 0 Å². The summed E-state index contributed by atoms with van der Waals surface area (Å²) in [6, 6.07) is 15.6. The van der Waals surface area contributed by atoms with Crippen molar-refractivity contribution in [3.63, 3.8) is 0 Å². The summed E-state index contributed by atoms with van der Waals surface area (Å²) < 4.78 is 0. The van der Waals surface area contributed by atoms with Crippen molar-refractivity contribution >= 4 is 34.7 Å². The lowest BCUT2D eigenvalue weighted by Gasteiger charge is -2.05. The van der Waals surface area contributed by atoms with Crippen molar-refractivity contribution in [1.82, 2.24) is 4.98 Å². The second-order valence-corrected chi connectivity index (χ2v) is 6.60. The minimum Gasteiger partial charge on any atom is -0.321 e. The van der Waals surface area contributed by atoms with Crippen LogP contribution in [0.15, 0.2) is 71.2 Å². The zero-order valence-electron chi connectivity index (χ0n) is 11.7. The number of nitrogens with zero attached hydrogens (tertiary/aromatic N) is 1. The summed E-state index contributed by atoms with van der Waals surface area (Å²) in [5.41, 5.74) is 2.01. The third-order valence-corrected chi connectivity index (χ3v) is 4.94. The summed E-state index contributed by atoms with van der Waals surface area (Å²) in [5, 5.41) is 4.79. The molecule has 0 radical (unpaired) electrons. The third kappa shape index (κ3) is 3.96. The van der Waals surface area contributed by atoms with Gasteiger partial charge in [0, 0.05) is 28.7 Å². The van der Waals surface area contributed by atoms with Crippen molar-refractivity contribution in [2.24, 2.45) is 0 Å². The van der Waals surface area contributed by atoms with Crippen LogP contribution in [0.4, 0.5) is 5.69 Å². The van der Waals surface area contributed by atoms with Crippen LogP contribution >= 0.6 is 23.1 Å². The lowest BCUT2D eigenvalue weighted by atomic mass is 10.3. The zero-order chi connectivity index (χ0) is 15.2. The predicted octanol–water partition coefficient (Wildman–Crippen LogP) is 4.69. The van der Waals surface area contributed by atoms with Gasteiger partial charge in [-0.25, -0.2) is 0 Å². The number of pyridine rings is 1. The summed E-state index contributed by atoms with van der Waals surface area (Å²) in [6.07, 6.45) is 3.65. The molecule has 0 atom stereocenters. The van der Waals surface area contributed by atoms with E-state index in [-0.39, 0.29) is 5.91 Å². The molecule has 0 saturated carbocycles. The maximum atomic E-state index is 12.0. The van der Waals surface area contributed by atoms with Crippen LogP contribution in [-0.2, 0) is 5.75 Å². The zero-order valence-corrected chi connectivity index (χ0v) is 13.4. The molecule has 0 fully saturated rings. The van der Waals surface area contributed by atoms with Crippen LogP contribution in [-0.4, -0.2) is 10.9 Å². The normalized spacial score (nSPS) is 10.4. The number of rotatable bonds is 5. The highest BCUT2D eigenvalue weighted by Crippen LogP contribution is 2.24. The Morgan fingerprint density at radius 2 is 2.00 bits per heavy atom. The molecule has 0 aliphatic heterocycles. The van der Waals surface area contributed by atoms with E-state index in [4.69, 9.17) is 0 Å². The van der Waals surface area contributed by atoms with E-state index in [1.807, 2.05) is 54.0 Å². The number of carbonyl (C=O) groups excluding carboxylic acids is 1. The molecule has 0 saturated heterocycles. The van der Waals surface area contributed by atoms with Gasteiger partial charge in [-0.1, -0.05) is 12.1 Å². The molecule has 3 nitrogen and oxygen atoms in total. The molecule has 0 unspecified atom stereocenters. The molecule has 3 rings (SSSR count). The molecule has 110 valence electrons. The number of hydrogen-bond acceptors (Lipinski definition) is 4. The summed E-state index contributed by atoms with van der Waals surface area (Å²) in [7, 11) is 0. The fourth-order valence-electron chi connectivity index (χ4n) is 1.89. The van der Waals surface area contributed by atoms with E-state index in [1.165, 1.54) is 16.9 Å². The molecule has 0 aliphatic rings. The van der Waals surface area contributed by atoms with Gasteiger partial charge in [-0.05, 0) is 47.3 Å². The molecule has 1 aromatic carbocycles. The quantitative estimate of drug-likeness (QED) is 0.692. The van der Waals surface area contributed by atoms with Gasteiger partial charge in [0.25, 0.3) is 5.91 Å². The topological polar surface area (TPSA) is 42.0 Å². The average Bonchev–Trinajstić information content (AvgIpc) is 3.10.